The number of carbonyl (C=O) groups excluding carboxylic acids is 1. The zero-order chi connectivity index (χ0) is 16.7. The van der Waals surface area contributed by atoms with Crippen molar-refractivity contribution in [2.24, 2.45) is 5.92 Å². The summed E-state index contributed by atoms with van der Waals surface area (Å²) in [6.45, 7) is 5.24. The van der Waals surface area contributed by atoms with Gasteiger partial charge in [-0.05, 0) is 35.4 Å². The molecular formula is C19H21N3O. The summed E-state index contributed by atoms with van der Waals surface area (Å²) >= 11 is 0. The Balaban J connectivity index is 1.81. The number of carbonyl (C=O) groups is 1. The lowest BCUT2D eigenvalue weighted by molar-refractivity contribution is -0.118. The Morgan fingerprint density at radius 2 is 1.52 bits per heavy atom. The molecule has 0 spiro atoms. The minimum atomic E-state index is -0.0243. The largest absolute Gasteiger partial charge is 0.326 e. The number of hydrogen-bond donors (Lipinski definition) is 2. The molecule has 0 heterocycles. The minimum absolute atomic E-state index is 0.0243. The average molecular weight is 307 g/mol. The molecule has 23 heavy (non-hydrogen) atoms. The Morgan fingerprint density at radius 3 is 2.00 bits per heavy atom. The number of anilines is 1. The van der Waals surface area contributed by atoms with Crippen molar-refractivity contribution >= 4 is 11.6 Å². The Hall–Kier alpha value is -2.64. The number of rotatable bonds is 6. The molecule has 0 saturated carbocycles. The minimum Gasteiger partial charge on any atom is -0.326 e. The number of hydrogen-bond acceptors (Lipinski definition) is 3. The monoisotopic (exact) mass is 307 g/mol. The highest BCUT2D eigenvalue weighted by atomic mass is 16.1. The molecular weight excluding hydrogens is 286 g/mol. The summed E-state index contributed by atoms with van der Waals surface area (Å²) in [6.07, 6.45) is 0. The first-order chi connectivity index (χ1) is 11.1. The van der Waals surface area contributed by atoms with Gasteiger partial charge in [0.2, 0.25) is 5.91 Å². The van der Waals surface area contributed by atoms with Crippen LogP contribution in [0.25, 0.3) is 0 Å². The van der Waals surface area contributed by atoms with Gasteiger partial charge in [-0.3, -0.25) is 4.79 Å². The van der Waals surface area contributed by atoms with Crippen LogP contribution in [0.4, 0.5) is 5.69 Å². The highest BCUT2D eigenvalue weighted by Gasteiger charge is 2.06. The van der Waals surface area contributed by atoms with E-state index in [1.54, 1.807) is 0 Å². The number of nitrogens with one attached hydrogen (secondary N) is 2. The molecule has 2 aromatic rings. The zero-order valence-corrected chi connectivity index (χ0v) is 13.5. The quantitative estimate of drug-likeness (QED) is 0.859. The number of benzene rings is 2. The van der Waals surface area contributed by atoms with E-state index < -0.39 is 0 Å². The molecule has 2 aromatic carbocycles. The highest BCUT2D eigenvalue weighted by Crippen LogP contribution is 2.11. The third-order valence-electron chi connectivity index (χ3n) is 3.49. The van der Waals surface area contributed by atoms with Gasteiger partial charge in [-0.1, -0.05) is 38.1 Å². The van der Waals surface area contributed by atoms with Gasteiger partial charge in [-0.25, -0.2) is 0 Å². The van der Waals surface area contributed by atoms with Gasteiger partial charge in [-0.2, -0.15) is 5.26 Å². The van der Waals surface area contributed by atoms with Crippen LogP contribution in [0.2, 0.25) is 0 Å². The number of amides is 1. The van der Waals surface area contributed by atoms with Crippen molar-refractivity contribution in [3.05, 3.63) is 65.2 Å². The first-order valence-electron chi connectivity index (χ1n) is 7.68. The molecule has 0 aliphatic carbocycles. The van der Waals surface area contributed by atoms with Crippen LogP contribution < -0.4 is 10.6 Å². The Kier molecular flexibility index (Phi) is 5.90. The van der Waals surface area contributed by atoms with E-state index in [-0.39, 0.29) is 11.8 Å². The lowest BCUT2D eigenvalue weighted by atomic mass is 10.1. The van der Waals surface area contributed by atoms with Crippen LogP contribution in [0.3, 0.4) is 0 Å². The molecule has 0 aliphatic heterocycles. The Labute approximate surface area is 137 Å². The molecule has 0 aromatic heterocycles. The summed E-state index contributed by atoms with van der Waals surface area (Å²) in [5, 5.41) is 15.0. The van der Waals surface area contributed by atoms with Gasteiger partial charge in [0, 0.05) is 24.7 Å². The van der Waals surface area contributed by atoms with Gasteiger partial charge in [0.15, 0.2) is 0 Å². The van der Waals surface area contributed by atoms with Gasteiger partial charge >= 0.3 is 0 Å². The molecule has 2 N–H and O–H groups in total. The summed E-state index contributed by atoms with van der Waals surface area (Å²) in [7, 11) is 0. The normalized spacial score (nSPS) is 10.3. The molecule has 0 unspecified atom stereocenters. The molecule has 4 heteroatoms. The Bertz CT molecular complexity index is 682. The molecule has 1 amide bonds. The van der Waals surface area contributed by atoms with Crippen LogP contribution in [0.5, 0.6) is 0 Å². The second-order valence-corrected chi connectivity index (χ2v) is 5.75. The predicted octanol–water partition coefficient (Wildman–Crippen LogP) is 3.44. The van der Waals surface area contributed by atoms with Crippen molar-refractivity contribution < 1.29 is 4.79 Å². The summed E-state index contributed by atoms with van der Waals surface area (Å²) in [5.41, 5.74) is 3.79. The molecule has 0 atom stereocenters. The number of nitriles is 1. The van der Waals surface area contributed by atoms with Gasteiger partial charge in [0.1, 0.15) is 0 Å². The van der Waals surface area contributed by atoms with Crippen molar-refractivity contribution in [2.45, 2.75) is 26.9 Å². The molecule has 0 fully saturated rings. The second kappa shape index (κ2) is 8.11. The molecule has 118 valence electrons. The fraction of sp³-hybridized carbons (Fsp3) is 0.263. The fourth-order valence-electron chi connectivity index (χ4n) is 2.04. The fourth-order valence-corrected chi connectivity index (χ4v) is 2.04. The van der Waals surface area contributed by atoms with E-state index in [9.17, 15) is 4.79 Å². The third-order valence-corrected chi connectivity index (χ3v) is 3.49. The summed E-state index contributed by atoms with van der Waals surface area (Å²) in [6, 6.07) is 17.5. The van der Waals surface area contributed by atoms with E-state index in [0.717, 1.165) is 29.9 Å². The average Bonchev–Trinajstić information content (AvgIpc) is 2.57. The van der Waals surface area contributed by atoms with E-state index in [1.165, 1.54) is 0 Å². The van der Waals surface area contributed by atoms with Crippen LogP contribution in [-0.2, 0) is 17.9 Å². The highest BCUT2D eigenvalue weighted by molar-refractivity contribution is 5.92. The van der Waals surface area contributed by atoms with Crippen LogP contribution >= 0.6 is 0 Å². The standard InChI is InChI=1S/C19H21N3O/c1-14(2)19(23)22-18-9-7-17(8-10-18)13-21-12-16-5-3-15(11-20)4-6-16/h3-10,14,21H,12-13H2,1-2H3,(H,22,23). The zero-order valence-electron chi connectivity index (χ0n) is 13.5. The lowest BCUT2D eigenvalue weighted by Crippen LogP contribution is -2.17. The van der Waals surface area contributed by atoms with E-state index in [4.69, 9.17) is 5.26 Å². The van der Waals surface area contributed by atoms with Crippen LogP contribution in [0.1, 0.15) is 30.5 Å². The Morgan fingerprint density at radius 1 is 1.00 bits per heavy atom. The summed E-state index contributed by atoms with van der Waals surface area (Å²) in [5.74, 6) is 0.000422. The van der Waals surface area contributed by atoms with Crippen LogP contribution in [0.15, 0.2) is 48.5 Å². The molecule has 0 saturated heterocycles. The maximum Gasteiger partial charge on any atom is 0.226 e. The molecule has 4 nitrogen and oxygen atoms in total. The molecule has 2 rings (SSSR count). The van der Waals surface area contributed by atoms with Crippen molar-refractivity contribution in [1.29, 1.82) is 5.26 Å². The molecule has 0 bridgehead atoms. The SMILES string of the molecule is CC(C)C(=O)Nc1ccc(CNCc2ccc(C#N)cc2)cc1. The van der Waals surface area contributed by atoms with Gasteiger partial charge in [0.25, 0.3) is 0 Å². The van der Waals surface area contributed by atoms with Gasteiger partial charge in [-0.15, -0.1) is 0 Å². The maximum absolute atomic E-state index is 11.6. The molecule has 0 radical (unpaired) electrons. The number of nitrogens with zero attached hydrogens (tertiary/aromatic N) is 1. The predicted molar refractivity (Wildman–Crippen MR) is 91.6 cm³/mol. The van der Waals surface area contributed by atoms with Crippen molar-refractivity contribution in [3.63, 3.8) is 0 Å². The maximum atomic E-state index is 11.6. The van der Waals surface area contributed by atoms with Crippen LogP contribution in [0, 0.1) is 17.2 Å². The lowest BCUT2D eigenvalue weighted by Gasteiger charge is -2.09. The molecule has 0 aliphatic rings. The van der Waals surface area contributed by atoms with Gasteiger partial charge < -0.3 is 10.6 Å². The summed E-state index contributed by atoms with van der Waals surface area (Å²) < 4.78 is 0. The van der Waals surface area contributed by atoms with E-state index >= 15 is 0 Å². The van der Waals surface area contributed by atoms with Crippen molar-refractivity contribution in [2.75, 3.05) is 5.32 Å². The van der Waals surface area contributed by atoms with E-state index in [2.05, 4.69) is 16.7 Å². The van der Waals surface area contributed by atoms with E-state index in [0.29, 0.717) is 5.56 Å². The first kappa shape index (κ1) is 16.7. The summed E-state index contributed by atoms with van der Waals surface area (Å²) in [4.78, 5) is 11.6. The smallest absolute Gasteiger partial charge is 0.226 e. The first-order valence-corrected chi connectivity index (χ1v) is 7.68. The van der Waals surface area contributed by atoms with Gasteiger partial charge in [0.05, 0.1) is 11.6 Å². The van der Waals surface area contributed by atoms with Crippen molar-refractivity contribution in [1.82, 2.24) is 5.32 Å². The van der Waals surface area contributed by atoms with Crippen molar-refractivity contribution in [3.8, 4) is 6.07 Å². The van der Waals surface area contributed by atoms with Crippen LogP contribution in [-0.4, -0.2) is 5.91 Å². The second-order valence-electron chi connectivity index (χ2n) is 5.75. The topological polar surface area (TPSA) is 64.9 Å². The van der Waals surface area contributed by atoms with E-state index in [1.807, 2.05) is 62.4 Å². The third kappa shape index (κ3) is 5.24.